The van der Waals surface area contributed by atoms with E-state index >= 15 is 0 Å². The van der Waals surface area contributed by atoms with Crippen molar-refractivity contribution >= 4 is 71.5 Å². The molecule has 0 aliphatic heterocycles. The zero-order chi connectivity index (χ0) is 12.4. The molecule has 0 heterocycles. The lowest BCUT2D eigenvalue weighted by Gasteiger charge is -2.12. The number of nitrogen functional groups attached to an aromatic ring is 1. The van der Waals surface area contributed by atoms with E-state index in [1.165, 1.54) is 0 Å². The molecule has 0 saturated carbocycles. The van der Waals surface area contributed by atoms with E-state index in [1.807, 2.05) is 36.4 Å². The van der Waals surface area contributed by atoms with Crippen LogP contribution in [0.25, 0.3) is 0 Å². The Morgan fingerprint density at radius 2 is 1.71 bits per heavy atom. The van der Waals surface area contributed by atoms with Crippen molar-refractivity contribution in [2.45, 2.75) is 0 Å². The maximum Gasteiger partial charge on any atom is 0.0673 e. The summed E-state index contributed by atoms with van der Waals surface area (Å²) in [6, 6.07) is 11.8. The summed E-state index contributed by atoms with van der Waals surface area (Å²) >= 11 is 9.31. The van der Waals surface area contributed by atoms with Crippen molar-refractivity contribution in [1.29, 1.82) is 0 Å². The van der Waals surface area contributed by atoms with E-state index < -0.39 is 0 Å². The first-order valence-electron chi connectivity index (χ1n) is 4.84. The van der Waals surface area contributed by atoms with Crippen molar-refractivity contribution in [2.75, 3.05) is 11.1 Å². The average molecular weight is 468 g/mol. The first-order chi connectivity index (χ1) is 8.08. The average Bonchev–Trinajstić information content (AvgIpc) is 2.26. The molecule has 88 valence electrons. The predicted octanol–water partition coefficient (Wildman–Crippen LogP) is 5.14. The van der Waals surface area contributed by atoms with Crippen LogP contribution in [0.2, 0.25) is 0 Å². The molecule has 0 aromatic heterocycles. The summed E-state index contributed by atoms with van der Waals surface area (Å²) < 4.78 is 3.12. The number of nitrogens with one attached hydrogen (secondary N) is 1. The summed E-state index contributed by atoms with van der Waals surface area (Å²) in [5, 5.41) is 3.38. The number of para-hydroxylation sites is 1. The largest absolute Gasteiger partial charge is 0.399 e. The molecule has 0 unspecified atom stereocenters. The van der Waals surface area contributed by atoms with Gasteiger partial charge >= 0.3 is 0 Å². The molecule has 2 aromatic rings. The topological polar surface area (TPSA) is 38.0 Å². The molecule has 2 aromatic carbocycles. The minimum atomic E-state index is 0.770. The Hall–Kier alpha value is -0.270. The van der Waals surface area contributed by atoms with E-state index in [1.54, 1.807) is 0 Å². The van der Waals surface area contributed by atoms with Gasteiger partial charge in [-0.2, -0.15) is 0 Å². The van der Waals surface area contributed by atoms with Crippen molar-refractivity contribution < 1.29 is 0 Å². The fraction of sp³-hybridized carbons (Fsp3) is 0. The molecule has 0 spiro atoms. The normalized spacial score (nSPS) is 10.3. The highest BCUT2D eigenvalue weighted by Gasteiger charge is 2.07. The van der Waals surface area contributed by atoms with E-state index in [4.69, 9.17) is 5.73 Å². The third-order valence-corrected chi connectivity index (χ3v) is 4.43. The van der Waals surface area contributed by atoms with Crippen LogP contribution in [0, 0.1) is 3.57 Å². The summed E-state index contributed by atoms with van der Waals surface area (Å²) in [6.45, 7) is 0. The molecule has 0 amide bonds. The molecule has 0 aliphatic carbocycles. The number of nitrogens with two attached hydrogens (primary N) is 1. The minimum absolute atomic E-state index is 0.770. The molecule has 0 saturated heterocycles. The van der Waals surface area contributed by atoms with Gasteiger partial charge in [-0.15, -0.1) is 0 Å². The van der Waals surface area contributed by atoms with Crippen molar-refractivity contribution in [3.8, 4) is 0 Å². The molecular weight excluding hydrogens is 459 g/mol. The lowest BCUT2D eigenvalue weighted by Crippen LogP contribution is -1.96. The summed E-state index contributed by atoms with van der Waals surface area (Å²) in [6.07, 6.45) is 0. The standard InChI is InChI=1S/C12H9Br2IN2/c13-8-2-1-3-9(14)12(8)17-11-5-4-7(16)6-10(11)15/h1-6,17H,16H2. The molecule has 5 heteroatoms. The van der Waals surface area contributed by atoms with Crippen LogP contribution in [-0.4, -0.2) is 0 Å². The lowest BCUT2D eigenvalue weighted by molar-refractivity contribution is 1.48. The first kappa shape index (κ1) is 13.2. The van der Waals surface area contributed by atoms with Crippen LogP contribution in [0.4, 0.5) is 17.1 Å². The van der Waals surface area contributed by atoms with Gasteiger partial charge < -0.3 is 11.1 Å². The number of anilines is 3. The van der Waals surface area contributed by atoms with Crippen molar-refractivity contribution in [2.24, 2.45) is 0 Å². The van der Waals surface area contributed by atoms with Gasteiger partial charge in [-0.3, -0.25) is 0 Å². The van der Waals surface area contributed by atoms with Crippen LogP contribution in [0.1, 0.15) is 0 Å². The van der Waals surface area contributed by atoms with Gasteiger partial charge in [-0.05, 0) is 84.8 Å². The van der Waals surface area contributed by atoms with Gasteiger partial charge in [0, 0.05) is 18.2 Å². The monoisotopic (exact) mass is 466 g/mol. The van der Waals surface area contributed by atoms with Crippen LogP contribution >= 0.6 is 54.5 Å². The van der Waals surface area contributed by atoms with E-state index in [9.17, 15) is 0 Å². The minimum Gasteiger partial charge on any atom is -0.399 e. The van der Waals surface area contributed by atoms with Gasteiger partial charge in [-0.25, -0.2) is 0 Å². The molecule has 2 nitrogen and oxygen atoms in total. The zero-order valence-electron chi connectivity index (χ0n) is 8.68. The molecular formula is C12H9Br2IN2. The third-order valence-electron chi connectivity index (χ3n) is 2.22. The maximum atomic E-state index is 5.73. The first-order valence-corrected chi connectivity index (χ1v) is 7.50. The summed E-state index contributed by atoms with van der Waals surface area (Å²) in [5.74, 6) is 0. The second kappa shape index (κ2) is 5.58. The second-order valence-corrected chi connectivity index (χ2v) is 6.33. The van der Waals surface area contributed by atoms with Crippen molar-refractivity contribution in [1.82, 2.24) is 0 Å². The highest BCUT2D eigenvalue weighted by Crippen LogP contribution is 2.34. The van der Waals surface area contributed by atoms with Crippen LogP contribution in [0.5, 0.6) is 0 Å². The van der Waals surface area contributed by atoms with Gasteiger partial charge in [-0.1, -0.05) is 6.07 Å². The molecule has 0 radical (unpaired) electrons. The highest BCUT2D eigenvalue weighted by atomic mass is 127. The van der Waals surface area contributed by atoms with Crippen LogP contribution in [0.3, 0.4) is 0 Å². The Kier molecular flexibility index (Phi) is 4.32. The SMILES string of the molecule is Nc1ccc(Nc2c(Br)cccc2Br)c(I)c1. The number of rotatable bonds is 2. The Morgan fingerprint density at radius 3 is 2.29 bits per heavy atom. The van der Waals surface area contributed by atoms with Gasteiger partial charge in [0.2, 0.25) is 0 Å². The van der Waals surface area contributed by atoms with Crippen LogP contribution in [-0.2, 0) is 0 Å². The molecule has 2 rings (SSSR count). The van der Waals surface area contributed by atoms with Crippen LogP contribution in [0.15, 0.2) is 45.3 Å². The predicted molar refractivity (Wildman–Crippen MR) is 88.7 cm³/mol. The molecule has 0 atom stereocenters. The van der Waals surface area contributed by atoms with E-state index in [0.29, 0.717) is 0 Å². The van der Waals surface area contributed by atoms with E-state index in [0.717, 1.165) is 29.6 Å². The smallest absolute Gasteiger partial charge is 0.0673 e. The fourth-order valence-electron chi connectivity index (χ4n) is 1.38. The van der Waals surface area contributed by atoms with Crippen molar-refractivity contribution in [3.63, 3.8) is 0 Å². The third kappa shape index (κ3) is 3.14. The molecule has 17 heavy (non-hydrogen) atoms. The van der Waals surface area contributed by atoms with Crippen molar-refractivity contribution in [3.05, 3.63) is 48.9 Å². The summed E-state index contributed by atoms with van der Waals surface area (Å²) in [7, 11) is 0. The number of halogens is 3. The summed E-state index contributed by atoms with van der Waals surface area (Å²) in [5.41, 5.74) is 8.54. The number of hydrogen-bond acceptors (Lipinski definition) is 2. The zero-order valence-corrected chi connectivity index (χ0v) is 14.0. The second-order valence-electron chi connectivity index (χ2n) is 3.46. The summed E-state index contributed by atoms with van der Waals surface area (Å²) in [4.78, 5) is 0. The Labute approximate surface area is 130 Å². The Bertz CT molecular complexity index is 538. The van der Waals surface area contributed by atoms with E-state index in [2.05, 4.69) is 59.8 Å². The molecule has 0 bridgehead atoms. The van der Waals surface area contributed by atoms with Gasteiger partial charge in [0.25, 0.3) is 0 Å². The Balaban J connectivity index is 2.38. The van der Waals surface area contributed by atoms with Gasteiger partial charge in [0.1, 0.15) is 0 Å². The lowest BCUT2D eigenvalue weighted by atomic mass is 10.2. The highest BCUT2D eigenvalue weighted by molar-refractivity contribution is 14.1. The fourth-order valence-corrected chi connectivity index (χ4v) is 3.26. The quantitative estimate of drug-likeness (QED) is 0.474. The van der Waals surface area contributed by atoms with Gasteiger partial charge in [0.05, 0.1) is 11.4 Å². The number of hydrogen-bond donors (Lipinski definition) is 2. The van der Waals surface area contributed by atoms with Gasteiger partial charge in [0.15, 0.2) is 0 Å². The van der Waals surface area contributed by atoms with Crippen LogP contribution < -0.4 is 11.1 Å². The Morgan fingerprint density at radius 1 is 1.06 bits per heavy atom. The molecule has 0 fully saturated rings. The number of benzene rings is 2. The van der Waals surface area contributed by atoms with E-state index in [-0.39, 0.29) is 0 Å². The maximum absolute atomic E-state index is 5.73. The molecule has 3 N–H and O–H groups in total. The molecule has 0 aliphatic rings.